The quantitative estimate of drug-likeness (QED) is 0.468. The zero-order valence-electron chi connectivity index (χ0n) is 20.3. The van der Waals surface area contributed by atoms with Crippen LogP contribution in [0.3, 0.4) is 0 Å². The first-order chi connectivity index (χ1) is 16.2. The largest absolute Gasteiger partial charge is 0.496 e. The Hall–Kier alpha value is -3.86. The average molecular weight is 455 g/mol. The molecule has 3 aromatic carbocycles. The molecule has 0 saturated heterocycles. The summed E-state index contributed by atoms with van der Waals surface area (Å²) in [5.74, 6) is -0.246. The van der Waals surface area contributed by atoms with E-state index in [2.05, 4.69) is 33.0 Å². The van der Waals surface area contributed by atoms with Crippen LogP contribution in [0.5, 0.6) is 5.75 Å². The number of ether oxygens (including phenoxy) is 1. The molecule has 0 fully saturated rings. The average Bonchev–Trinajstić information content (AvgIpc) is 3.08. The van der Waals surface area contributed by atoms with Gasteiger partial charge in [-0.1, -0.05) is 70.2 Å². The summed E-state index contributed by atoms with van der Waals surface area (Å²) < 4.78 is 5.52. The monoisotopic (exact) mass is 454 g/mol. The topological polar surface area (TPSA) is 58.6 Å². The van der Waals surface area contributed by atoms with Crippen molar-refractivity contribution in [1.82, 2.24) is 0 Å². The van der Waals surface area contributed by atoms with Crippen LogP contribution in [-0.2, 0) is 21.4 Å². The number of aryl methyl sites for hydroxylation is 1. The van der Waals surface area contributed by atoms with Gasteiger partial charge in [-0.15, -0.1) is 0 Å². The molecule has 4 rings (SSSR count). The van der Waals surface area contributed by atoms with E-state index in [0.29, 0.717) is 22.6 Å². The van der Waals surface area contributed by atoms with E-state index in [4.69, 9.17) is 4.74 Å². The van der Waals surface area contributed by atoms with E-state index in [-0.39, 0.29) is 17.0 Å². The van der Waals surface area contributed by atoms with E-state index in [1.807, 2.05) is 60.7 Å². The van der Waals surface area contributed by atoms with Gasteiger partial charge in [-0.05, 0) is 53.3 Å². The van der Waals surface area contributed by atoms with Gasteiger partial charge in [0.05, 0.1) is 18.4 Å². The van der Waals surface area contributed by atoms with Crippen LogP contribution < -0.4 is 15.0 Å². The van der Waals surface area contributed by atoms with Gasteiger partial charge in [-0.2, -0.15) is 0 Å². The number of imide groups is 1. The lowest BCUT2D eigenvalue weighted by atomic mass is 9.87. The number of benzene rings is 3. The van der Waals surface area contributed by atoms with Gasteiger partial charge < -0.3 is 10.1 Å². The number of anilines is 2. The van der Waals surface area contributed by atoms with Gasteiger partial charge in [0, 0.05) is 11.3 Å². The molecule has 174 valence electrons. The highest BCUT2D eigenvalue weighted by Crippen LogP contribution is 2.38. The molecule has 0 aliphatic carbocycles. The van der Waals surface area contributed by atoms with Crippen LogP contribution in [0.4, 0.5) is 11.4 Å². The summed E-state index contributed by atoms with van der Waals surface area (Å²) in [4.78, 5) is 28.6. The van der Waals surface area contributed by atoms with Crippen molar-refractivity contribution in [3.8, 4) is 5.75 Å². The molecule has 1 aliphatic heterocycles. The summed E-state index contributed by atoms with van der Waals surface area (Å²) in [6.07, 6.45) is 0.922. The fraction of sp³-hybridized carbons (Fsp3) is 0.241. The summed E-state index contributed by atoms with van der Waals surface area (Å²) in [6, 6.07) is 22.7. The predicted octanol–water partition coefficient (Wildman–Crippen LogP) is 5.95. The molecule has 0 unspecified atom stereocenters. The first-order valence-corrected chi connectivity index (χ1v) is 11.5. The Morgan fingerprint density at radius 1 is 0.853 bits per heavy atom. The van der Waals surface area contributed by atoms with Crippen LogP contribution in [0.2, 0.25) is 0 Å². The molecule has 0 atom stereocenters. The summed E-state index contributed by atoms with van der Waals surface area (Å²) >= 11 is 0. The number of carbonyl (C=O) groups excluding carboxylic acids is 2. The number of hydrogen-bond donors (Lipinski definition) is 1. The van der Waals surface area contributed by atoms with Gasteiger partial charge in [0.15, 0.2) is 0 Å². The molecule has 1 aliphatic rings. The van der Waals surface area contributed by atoms with Crippen molar-refractivity contribution >= 4 is 28.8 Å². The zero-order valence-corrected chi connectivity index (χ0v) is 20.3. The predicted molar refractivity (Wildman–Crippen MR) is 137 cm³/mol. The molecule has 5 heteroatoms. The lowest BCUT2D eigenvalue weighted by Crippen LogP contribution is -2.32. The van der Waals surface area contributed by atoms with Crippen LogP contribution >= 0.6 is 0 Å². The number of nitrogens with one attached hydrogen (secondary N) is 1. The number of rotatable bonds is 6. The van der Waals surface area contributed by atoms with Gasteiger partial charge >= 0.3 is 0 Å². The highest BCUT2D eigenvalue weighted by molar-refractivity contribution is 6.46. The second-order valence-electron chi connectivity index (χ2n) is 9.37. The van der Waals surface area contributed by atoms with E-state index < -0.39 is 5.91 Å². The molecule has 0 spiro atoms. The Kier molecular flexibility index (Phi) is 6.29. The minimum Gasteiger partial charge on any atom is -0.496 e. The van der Waals surface area contributed by atoms with Crippen LogP contribution in [0.25, 0.3) is 5.57 Å². The van der Waals surface area contributed by atoms with Crippen molar-refractivity contribution in [3.05, 3.63) is 95.2 Å². The van der Waals surface area contributed by atoms with E-state index >= 15 is 0 Å². The van der Waals surface area contributed by atoms with E-state index in [1.165, 1.54) is 10.5 Å². The highest BCUT2D eigenvalue weighted by Gasteiger charge is 2.41. The third-order valence-corrected chi connectivity index (χ3v) is 6.08. The molecular weight excluding hydrogens is 424 g/mol. The van der Waals surface area contributed by atoms with Crippen LogP contribution in [0.15, 0.2) is 78.5 Å². The molecule has 5 nitrogen and oxygen atoms in total. The van der Waals surface area contributed by atoms with Gasteiger partial charge in [0.1, 0.15) is 11.4 Å². The maximum Gasteiger partial charge on any atom is 0.282 e. The molecule has 1 N–H and O–H groups in total. The second-order valence-corrected chi connectivity index (χ2v) is 9.37. The van der Waals surface area contributed by atoms with Crippen molar-refractivity contribution < 1.29 is 14.3 Å². The van der Waals surface area contributed by atoms with Crippen LogP contribution in [0, 0.1) is 0 Å². The summed E-state index contributed by atoms with van der Waals surface area (Å²) in [7, 11) is 1.56. The van der Waals surface area contributed by atoms with Crippen molar-refractivity contribution in [1.29, 1.82) is 0 Å². The minimum atomic E-state index is -0.394. The molecule has 0 radical (unpaired) electrons. The lowest BCUT2D eigenvalue weighted by molar-refractivity contribution is -0.120. The second kappa shape index (κ2) is 9.18. The number of amides is 2. The number of nitrogens with zero attached hydrogens (tertiary/aromatic N) is 1. The highest BCUT2D eigenvalue weighted by atomic mass is 16.5. The SMILES string of the molecule is CCc1ccc(NC2=C(c3ccccc3OC)C(=O)N(c3ccc(C(C)(C)C)cc3)C2=O)cc1. The third-order valence-electron chi connectivity index (χ3n) is 6.08. The molecule has 34 heavy (non-hydrogen) atoms. The molecular formula is C29H30N2O3. The molecule has 0 saturated carbocycles. The molecule has 2 amide bonds. The maximum absolute atomic E-state index is 13.7. The van der Waals surface area contributed by atoms with Crippen molar-refractivity contribution in [2.24, 2.45) is 0 Å². The van der Waals surface area contributed by atoms with Gasteiger partial charge in [0.25, 0.3) is 11.8 Å². The Balaban J connectivity index is 1.80. The van der Waals surface area contributed by atoms with E-state index in [1.54, 1.807) is 19.2 Å². The summed E-state index contributed by atoms with van der Waals surface area (Å²) in [6.45, 7) is 8.47. The standard InChI is InChI=1S/C29H30N2O3/c1-6-19-11-15-21(16-12-19)30-26-25(23-9-7-8-10-24(23)34-5)27(32)31(28(26)33)22-17-13-20(14-18-22)29(2,3)4/h7-18,30H,6H2,1-5H3. The van der Waals surface area contributed by atoms with Crippen molar-refractivity contribution in [2.75, 3.05) is 17.3 Å². The lowest BCUT2D eigenvalue weighted by Gasteiger charge is -2.21. The molecule has 3 aromatic rings. The number of hydrogen-bond acceptors (Lipinski definition) is 4. The maximum atomic E-state index is 13.7. The normalized spacial score (nSPS) is 14.1. The number of para-hydroxylation sites is 1. The molecule has 1 heterocycles. The van der Waals surface area contributed by atoms with Crippen molar-refractivity contribution in [2.45, 2.75) is 39.5 Å². The first-order valence-electron chi connectivity index (χ1n) is 11.5. The Morgan fingerprint density at radius 3 is 2.09 bits per heavy atom. The molecule has 0 aromatic heterocycles. The Labute approximate surface area is 201 Å². The zero-order chi connectivity index (χ0) is 24.5. The fourth-order valence-electron chi connectivity index (χ4n) is 4.06. The van der Waals surface area contributed by atoms with Crippen LogP contribution in [-0.4, -0.2) is 18.9 Å². The van der Waals surface area contributed by atoms with Crippen LogP contribution in [0.1, 0.15) is 44.4 Å². The minimum absolute atomic E-state index is 0.0320. The summed E-state index contributed by atoms with van der Waals surface area (Å²) in [5, 5.41) is 3.22. The van der Waals surface area contributed by atoms with E-state index in [0.717, 1.165) is 17.7 Å². The summed E-state index contributed by atoms with van der Waals surface area (Å²) in [5.41, 5.74) is 4.67. The smallest absolute Gasteiger partial charge is 0.282 e. The Morgan fingerprint density at radius 2 is 1.50 bits per heavy atom. The van der Waals surface area contributed by atoms with Gasteiger partial charge in [0.2, 0.25) is 0 Å². The molecule has 0 bridgehead atoms. The number of carbonyl (C=O) groups is 2. The van der Waals surface area contributed by atoms with Crippen molar-refractivity contribution in [3.63, 3.8) is 0 Å². The fourth-order valence-corrected chi connectivity index (χ4v) is 4.06. The van der Waals surface area contributed by atoms with Gasteiger partial charge in [-0.3, -0.25) is 9.59 Å². The van der Waals surface area contributed by atoms with Gasteiger partial charge in [-0.25, -0.2) is 4.90 Å². The third kappa shape index (κ3) is 4.34. The number of methoxy groups -OCH3 is 1. The Bertz CT molecular complexity index is 1250. The first kappa shape index (κ1) is 23.3. The van der Waals surface area contributed by atoms with E-state index in [9.17, 15) is 9.59 Å².